The molecule has 5 heteroatoms. The van der Waals surface area contributed by atoms with Crippen molar-refractivity contribution >= 4 is 11.8 Å². The van der Waals surface area contributed by atoms with E-state index < -0.39 is 11.6 Å². The third-order valence-corrected chi connectivity index (χ3v) is 1.53. The molecule has 0 aromatic heterocycles. The largest absolute Gasteiger partial charge is 0.441 e. The number of rotatable bonds is 2. The minimum Gasteiger partial charge on any atom is -0.327 e. The Morgan fingerprint density at radius 2 is 2.00 bits per heavy atom. The van der Waals surface area contributed by atoms with Gasteiger partial charge in [0.2, 0.25) is 0 Å². The first-order chi connectivity index (χ1) is 3.92. The molecule has 0 fully saturated rings. The van der Waals surface area contributed by atoms with Crippen LogP contribution in [0.15, 0.2) is 0 Å². The quantitative estimate of drug-likeness (QED) is 0.662. The van der Waals surface area contributed by atoms with Gasteiger partial charge < -0.3 is 5.73 Å². The summed E-state index contributed by atoms with van der Waals surface area (Å²) in [5.74, 6) is -0.0660. The highest BCUT2D eigenvalue weighted by molar-refractivity contribution is 8.00. The van der Waals surface area contributed by atoms with E-state index in [1.54, 1.807) is 6.92 Å². The fourth-order valence-corrected chi connectivity index (χ4v) is 0.678. The molecule has 1 atom stereocenters. The number of alkyl halides is 3. The summed E-state index contributed by atoms with van der Waals surface area (Å²) < 4.78 is 34.0. The number of thioether (sulfide) groups is 1. The van der Waals surface area contributed by atoms with Gasteiger partial charge in [-0.3, -0.25) is 0 Å². The second-order valence-corrected chi connectivity index (χ2v) is 2.82. The van der Waals surface area contributed by atoms with Crippen LogP contribution in [0.1, 0.15) is 6.92 Å². The zero-order valence-corrected chi connectivity index (χ0v) is 5.72. The predicted molar refractivity (Wildman–Crippen MR) is 32.2 cm³/mol. The molecule has 0 aromatic carbocycles. The van der Waals surface area contributed by atoms with E-state index in [4.69, 9.17) is 5.73 Å². The first-order valence-corrected chi connectivity index (χ1v) is 3.36. The Morgan fingerprint density at radius 1 is 1.56 bits per heavy atom. The van der Waals surface area contributed by atoms with Gasteiger partial charge in [-0.2, -0.15) is 13.2 Å². The third-order valence-electron chi connectivity index (χ3n) is 0.510. The van der Waals surface area contributed by atoms with Gasteiger partial charge in [0.25, 0.3) is 0 Å². The van der Waals surface area contributed by atoms with E-state index in [9.17, 15) is 13.2 Å². The standard InChI is InChI=1S/C4H8F3NS/c1-3(8)2-9-4(5,6)7/h3H,2,8H2,1H3/t3-/m0/s1. The Bertz CT molecular complexity index is 80.4. The maximum Gasteiger partial charge on any atom is 0.441 e. The van der Waals surface area contributed by atoms with E-state index >= 15 is 0 Å². The van der Waals surface area contributed by atoms with Crippen LogP contribution in [0.2, 0.25) is 0 Å². The van der Waals surface area contributed by atoms with Crippen molar-refractivity contribution in [3.8, 4) is 0 Å². The third kappa shape index (κ3) is 8.10. The lowest BCUT2D eigenvalue weighted by atomic mass is 10.4. The van der Waals surface area contributed by atoms with Gasteiger partial charge >= 0.3 is 5.51 Å². The molecule has 0 spiro atoms. The second-order valence-electron chi connectivity index (χ2n) is 1.73. The molecule has 0 rings (SSSR count). The Kier molecular flexibility index (Phi) is 3.35. The van der Waals surface area contributed by atoms with Crippen molar-refractivity contribution < 1.29 is 13.2 Å². The maximum absolute atomic E-state index is 11.3. The fourth-order valence-electron chi connectivity index (χ4n) is 0.226. The second kappa shape index (κ2) is 3.31. The molecule has 0 saturated carbocycles. The van der Waals surface area contributed by atoms with Crippen LogP contribution < -0.4 is 5.73 Å². The molecule has 0 bridgehead atoms. The summed E-state index contributed by atoms with van der Waals surface area (Å²) in [5.41, 5.74) is 0.947. The lowest BCUT2D eigenvalue weighted by Gasteiger charge is -2.06. The zero-order chi connectivity index (χ0) is 7.49. The molecule has 0 aromatic rings. The van der Waals surface area contributed by atoms with Crippen molar-refractivity contribution in [2.24, 2.45) is 5.73 Å². The topological polar surface area (TPSA) is 26.0 Å². The highest BCUT2D eigenvalue weighted by Gasteiger charge is 2.27. The summed E-state index contributed by atoms with van der Waals surface area (Å²) >= 11 is -0.0833. The molecule has 0 aliphatic heterocycles. The van der Waals surface area contributed by atoms with E-state index in [2.05, 4.69) is 0 Å². The Balaban J connectivity index is 3.28. The highest BCUT2D eigenvalue weighted by atomic mass is 32.2. The van der Waals surface area contributed by atoms with Crippen molar-refractivity contribution in [1.29, 1.82) is 0 Å². The van der Waals surface area contributed by atoms with Gasteiger partial charge in [0.15, 0.2) is 0 Å². The molecule has 9 heavy (non-hydrogen) atoms. The SMILES string of the molecule is C[C@H](N)CSC(F)(F)F. The normalized spacial score (nSPS) is 15.7. The molecule has 0 unspecified atom stereocenters. The average molecular weight is 159 g/mol. The number of nitrogens with two attached hydrogens (primary N) is 1. The number of hydrogen-bond donors (Lipinski definition) is 1. The summed E-state index contributed by atoms with van der Waals surface area (Å²) in [4.78, 5) is 0. The summed E-state index contributed by atoms with van der Waals surface area (Å²) in [5, 5.41) is 0. The number of halogens is 3. The van der Waals surface area contributed by atoms with Crippen LogP contribution in [0.3, 0.4) is 0 Å². The van der Waals surface area contributed by atoms with Crippen molar-refractivity contribution in [1.82, 2.24) is 0 Å². The van der Waals surface area contributed by atoms with Gasteiger partial charge in [0, 0.05) is 11.8 Å². The summed E-state index contributed by atoms with van der Waals surface area (Å²) in [7, 11) is 0. The zero-order valence-electron chi connectivity index (χ0n) is 4.90. The smallest absolute Gasteiger partial charge is 0.327 e. The van der Waals surface area contributed by atoms with Crippen molar-refractivity contribution in [2.75, 3.05) is 5.75 Å². The summed E-state index contributed by atoms with van der Waals surface area (Å²) in [6, 6.07) is -0.392. The van der Waals surface area contributed by atoms with E-state index in [1.165, 1.54) is 0 Å². The number of hydrogen-bond acceptors (Lipinski definition) is 2. The van der Waals surface area contributed by atoms with Gasteiger partial charge in [-0.05, 0) is 18.7 Å². The fraction of sp³-hybridized carbons (Fsp3) is 1.00. The molecule has 0 saturated heterocycles. The van der Waals surface area contributed by atoms with Gasteiger partial charge in [-0.25, -0.2) is 0 Å². The van der Waals surface area contributed by atoms with Crippen LogP contribution in [0.5, 0.6) is 0 Å². The summed E-state index contributed by atoms with van der Waals surface area (Å²) in [6.07, 6.45) is 0. The van der Waals surface area contributed by atoms with E-state index in [0.29, 0.717) is 0 Å². The van der Waals surface area contributed by atoms with E-state index in [1.807, 2.05) is 0 Å². The lowest BCUT2D eigenvalue weighted by Crippen LogP contribution is -2.20. The first-order valence-electron chi connectivity index (χ1n) is 2.38. The molecular weight excluding hydrogens is 151 g/mol. The lowest BCUT2D eigenvalue weighted by molar-refractivity contribution is -0.0328. The van der Waals surface area contributed by atoms with Crippen LogP contribution in [0.4, 0.5) is 13.2 Å². The minimum absolute atomic E-state index is 0.0660. The predicted octanol–water partition coefficient (Wildman–Crippen LogP) is 1.59. The van der Waals surface area contributed by atoms with Crippen molar-refractivity contribution in [2.45, 2.75) is 18.5 Å². The molecule has 2 N–H and O–H groups in total. The van der Waals surface area contributed by atoms with Gasteiger partial charge in [0.1, 0.15) is 0 Å². The van der Waals surface area contributed by atoms with E-state index in [-0.39, 0.29) is 17.5 Å². The molecule has 56 valence electrons. The molecule has 0 heterocycles. The Hall–Kier alpha value is 0.100. The van der Waals surface area contributed by atoms with Crippen LogP contribution in [0.25, 0.3) is 0 Å². The molecule has 0 amide bonds. The average Bonchev–Trinajstić information content (AvgIpc) is 1.59. The molecular formula is C4H8F3NS. The summed E-state index contributed by atoms with van der Waals surface area (Å²) in [6.45, 7) is 1.54. The van der Waals surface area contributed by atoms with Crippen LogP contribution in [-0.4, -0.2) is 17.3 Å². The molecule has 0 aliphatic rings. The van der Waals surface area contributed by atoms with Gasteiger partial charge in [-0.1, -0.05) is 0 Å². The molecule has 0 aliphatic carbocycles. The highest BCUT2D eigenvalue weighted by Crippen LogP contribution is 2.29. The van der Waals surface area contributed by atoms with E-state index in [0.717, 1.165) is 0 Å². The monoisotopic (exact) mass is 159 g/mol. The Labute approximate surface area is 55.8 Å². The molecule has 0 radical (unpaired) electrons. The van der Waals surface area contributed by atoms with Crippen LogP contribution in [0, 0.1) is 0 Å². The first kappa shape index (κ1) is 9.10. The minimum atomic E-state index is -4.13. The van der Waals surface area contributed by atoms with Crippen LogP contribution >= 0.6 is 11.8 Å². The maximum atomic E-state index is 11.3. The van der Waals surface area contributed by atoms with Crippen molar-refractivity contribution in [3.05, 3.63) is 0 Å². The van der Waals surface area contributed by atoms with Gasteiger partial charge in [-0.15, -0.1) is 0 Å². The van der Waals surface area contributed by atoms with Crippen LogP contribution in [-0.2, 0) is 0 Å². The molecule has 1 nitrogen and oxygen atoms in total. The van der Waals surface area contributed by atoms with Gasteiger partial charge in [0.05, 0.1) is 0 Å². The van der Waals surface area contributed by atoms with Crippen molar-refractivity contribution in [3.63, 3.8) is 0 Å². The Morgan fingerprint density at radius 3 is 2.11 bits per heavy atom.